The number of hydrogen-bond acceptors (Lipinski definition) is 5. The summed E-state index contributed by atoms with van der Waals surface area (Å²) in [5.74, 6) is 0.170. The number of anilines is 2. The summed E-state index contributed by atoms with van der Waals surface area (Å²) in [4.78, 5) is 13.0. The molecule has 5 nitrogen and oxygen atoms in total. The van der Waals surface area contributed by atoms with Crippen molar-refractivity contribution in [2.45, 2.75) is 6.92 Å². The number of carbonyl (C=O) groups excluding carboxylic acids is 1. The molecule has 0 radical (unpaired) electrons. The van der Waals surface area contributed by atoms with E-state index in [0.29, 0.717) is 18.0 Å². The normalized spacial score (nSPS) is 9.82. The molecule has 1 rings (SSSR count). The smallest absolute Gasteiger partial charge is 0.344 e. The molecule has 0 amide bonds. The van der Waals surface area contributed by atoms with Gasteiger partial charge in [0.1, 0.15) is 5.75 Å². The summed E-state index contributed by atoms with van der Waals surface area (Å²) in [6, 6.07) is 5.30. The van der Waals surface area contributed by atoms with Gasteiger partial charge >= 0.3 is 5.97 Å². The van der Waals surface area contributed by atoms with Crippen LogP contribution in [-0.2, 0) is 9.53 Å². The van der Waals surface area contributed by atoms with Gasteiger partial charge in [-0.2, -0.15) is 0 Å². The zero-order valence-electron chi connectivity index (χ0n) is 10.4. The number of hydrogen-bond donors (Lipinski definition) is 1. The molecule has 1 aromatic carbocycles. The Labute approximate surface area is 101 Å². The molecule has 17 heavy (non-hydrogen) atoms. The maximum Gasteiger partial charge on any atom is 0.344 e. The molecule has 1 aromatic rings. The van der Waals surface area contributed by atoms with Crippen molar-refractivity contribution < 1.29 is 14.3 Å². The molecule has 0 aliphatic heterocycles. The minimum Gasteiger partial charge on any atom is -0.482 e. The molecule has 94 valence electrons. The van der Waals surface area contributed by atoms with Crippen molar-refractivity contribution in [3.8, 4) is 5.75 Å². The van der Waals surface area contributed by atoms with E-state index in [0.717, 1.165) is 5.69 Å². The Kier molecular flexibility index (Phi) is 4.63. The Bertz CT molecular complexity index is 391. The van der Waals surface area contributed by atoms with Gasteiger partial charge in [-0.25, -0.2) is 4.79 Å². The third-order valence-electron chi connectivity index (χ3n) is 2.14. The second kappa shape index (κ2) is 5.98. The molecule has 0 saturated heterocycles. The van der Waals surface area contributed by atoms with Crippen LogP contribution >= 0.6 is 0 Å². The van der Waals surface area contributed by atoms with Gasteiger partial charge in [-0.1, -0.05) is 0 Å². The van der Waals surface area contributed by atoms with Crippen LogP contribution in [0.5, 0.6) is 5.75 Å². The van der Waals surface area contributed by atoms with Crippen molar-refractivity contribution in [1.82, 2.24) is 0 Å². The maximum absolute atomic E-state index is 11.1. The first-order valence-electron chi connectivity index (χ1n) is 5.40. The fourth-order valence-electron chi connectivity index (χ4n) is 1.37. The van der Waals surface area contributed by atoms with Crippen molar-refractivity contribution >= 4 is 17.3 Å². The van der Waals surface area contributed by atoms with Crippen molar-refractivity contribution in [2.75, 3.05) is 37.9 Å². The summed E-state index contributed by atoms with van der Waals surface area (Å²) >= 11 is 0. The molecule has 2 N–H and O–H groups in total. The summed E-state index contributed by atoms with van der Waals surface area (Å²) in [7, 11) is 3.82. The molecule has 0 bridgehead atoms. The van der Waals surface area contributed by atoms with Crippen LogP contribution in [0.1, 0.15) is 6.92 Å². The molecule has 0 heterocycles. The number of esters is 1. The lowest BCUT2D eigenvalue weighted by atomic mass is 10.2. The van der Waals surface area contributed by atoms with Gasteiger partial charge in [-0.3, -0.25) is 0 Å². The molecule has 5 heteroatoms. The van der Waals surface area contributed by atoms with Gasteiger partial charge in [0.05, 0.1) is 18.0 Å². The maximum atomic E-state index is 11.1. The molecular weight excluding hydrogens is 220 g/mol. The van der Waals surface area contributed by atoms with Gasteiger partial charge in [0.2, 0.25) is 0 Å². The van der Waals surface area contributed by atoms with Gasteiger partial charge < -0.3 is 20.1 Å². The van der Waals surface area contributed by atoms with E-state index in [-0.39, 0.29) is 12.6 Å². The van der Waals surface area contributed by atoms with Crippen LogP contribution < -0.4 is 15.4 Å². The quantitative estimate of drug-likeness (QED) is 0.618. The second-order valence-electron chi connectivity index (χ2n) is 3.71. The molecule has 0 fully saturated rings. The molecule has 0 atom stereocenters. The fourth-order valence-corrected chi connectivity index (χ4v) is 1.37. The van der Waals surface area contributed by atoms with E-state index in [2.05, 4.69) is 0 Å². The van der Waals surface area contributed by atoms with Crippen LogP contribution in [0.2, 0.25) is 0 Å². The molecule has 0 unspecified atom stereocenters. The van der Waals surface area contributed by atoms with Gasteiger partial charge in [-0.15, -0.1) is 0 Å². The highest BCUT2D eigenvalue weighted by Gasteiger charge is 2.06. The van der Waals surface area contributed by atoms with Crippen LogP contribution in [0.15, 0.2) is 18.2 Å². The van der Waals surface area contributed by atoms with Gasteiger partial charge in [0.15, 0.2) is 6.61 Å². The fraction of sp³-hybridized carbons (Fsp3) is 0.417. The van der Waals surface area contributed by atoms with Gasteiger partial charge in [-0.05, 0) is 19.1 Å². The average Bonchev–Trinajstić information content (AvgIpc) is 2.26. The lowest BCUT2D eigenvalue weighted by Gasteiger charge is -2.16. The SMILES string of the molecule is CCOC(=O)COc1ccc(N(C)C)c(N)c1. The zero-order chi connectivity index (χ0) is 12.8. The zero-order valence-corrected chi connectivity index (χ0v) is 10.4. The van der Waals surface area contributed by atoms with Crippen LogP contribution in [0, 0.1) is 0 Å². The Morgan fingerprint density at radius 2 is 2.12 bits per heavy atom. The minimum absolute atomic E-state index is 0.103. The van der Waals surface area contributed by atoms with Gasteiger partial charge in [0.25, 0.3) is 0 Å². The predicted octanol–water partition coefficient (Wildman–Crippen LogP) is 1.28. The highest BCUT2D eigenvalue weighted by Crippen LogP contribution is 2.26. The Hall–Kier alpha value is -1.91. The topological polar surface area (TPSA) is 64.8 Å². The number of benzene rings is 1. The largest absolute Gasteiger partial charge is 0.482 e. The Morgan fingerprint density at radius 3 is 2.65 bits per heavy atom. The van der Waals surface area contributed by atoms with E-state index in [1.54, 1.807) is 19.1 Å². The lowest BCUT2D eigenvalue weighted by Crippen LogP contribution is -2.15. The summed E-state index contributed by atoms with van der Waals surface area (Å²) in [5.41, 5.74) is 7.37. The number of nitrogens with two attached hydrogens (primary N) is 1. The second-order valence-corrected chi connectivity index (χ2v) is 3.71. The molecule has 0 aromatic heterocycles. The molecular formula is C12H18N2O3. The van der Waals surface area contributed by atoms with Crippen LogP contribution in [0.3, 0.4) is 0 Å². The number of carbonyl (C=O) groups is 1. The van der Waals surface area contributed by atoms with E-state index < -0.39 is 0 Å². The highest BCUT2D eigenvalue weighted by atomic mass is 16.6. The Morgan fingerprint density at radius 1 is 1.41 bits per heavy atom. The Balaban J connectivity index is 2.62. The first-order valence-corrected chi connectivity index (χ1v) is 5.40. The number of ether oxygens (including phenoxy) is 2. The summed E-state index contributed by atoms with van der Waals surface area (Å²) < 4.78 is 10.0. The molecule has 0 spiro atoms. The van der Waals surface area contributed by atoms with E-state index in [9.17, 15) is 4.79 Å². The van der Waals surface area contributed by atoms with E-state index >= 15 is 0 Å². The van der Waals surface area contributed by atoms with Crippen molar-refractivity contribution in [1.29, 1.82) is 0 Å². The first-order chi connectivity index (χ1) is 8.04. The number of rotatable bonds is 5. The average molecular weight is 238 g/mol. The first kappa shape index (κ1) is 13.2. The van der Waals surface area contributed by atoms with Crippen molar-refractivity contribution in [3.05, 3.63) is 18.2 Å². The van der Waals surface area contributed by atoms with Gasteiger partial charge in [0, 0.05) is 20.2 Å². The van der Waals surface area contributed by atoms with Crippen molar-refractivity contribution in [3.63, 3.8) is 0 Å². The third-order valence-corrected chi connectivity index (χ3v) is 2.14. The number of nitrogen functional groups attached to an aromatic ring is 1. The van der Waals surface area contributed by atoms with Crippen LogP contribution in [0.4, 0.5) is 11.4 Å². The van der Waals surface area contributed by atoms with Crippen molar-refractivity contribution in [2.24, 2.45) is 0 Å². The summed E-state index contributed by atoms with van der Waals surface area (Å²) in [6.07, 6.45) is 0. The van der Waals surface area contributed by atoms with E-state index in [1.807, 2.05) is 25.1 Å². The third kappa shape index (κ3) is 3.86. The molecule has 0 aliphatic rings. The van der Waals surface area contributed by atoms with Crippen LogP contribution in [-0.4, -0.2) is 33.3 Å². The highest BCUT2D eigenvalue weighted by molar-refractivity contribution is 5.72. The molecule has 0 saturated carbocycles. The predicted molar refractivity (Wildman–Crippen MR) is 67.3 cm³/mol. The monoisotopic (exact) mass is 238 g/mol. The minimum atomic E-state index is -0.386. The lowest BCUT2D eigenvalue weighted by molar-refractivity contribution is -0.145. The van der Waals surface area contributed by atoms with E-state index in [4.69, 9.17) is 15.2 Å². The molecule has 0 aliphatic carbocycles. The van der Waals surface area contributed by atoms with E-state index in [1.165, 1.54) is 0 Å². The van der Waals surface area contributed by atoms with Crippen LogP contribution in [0.25, 0.3) is 0 Å². The summed E-state index contributed by atoms with van der Waals surface area (Å²) in [6.45, 7) is 2.00. The standard InChI is InChI=1S/C12H18N2O3/c1-4-16-12(15)8-17-9-5-6-11(14(2)3)10(13)7-9/h5-7H,4,8,13H2,1-3H3. The number of nitrogens with zero attached hydrogens (tertiary/aromatic N) is 1. The summed E-state index contributed by atoms with van der Waals surface area (Å²) in [5, 5.41) is 0.